The van der Waals surface area contributed by atoms with Gasteiger partial charge < -0.3 is 15.2 Å². The standard InChI is InChI=1S/C29H28N2O4S/c1-4-14-35-25-13-12-22(21-6-5-7-23(15-21)29(33)34)16-24(25)17-30-27(32)26-19(3)31-28(36-26)20-10-8-18(2)9-11-20/h5-13,15-16H,4,14,17H2,1-3H3,(H,30,32)(H,33,34). The fourth-order valence-electron chi connectivity index (χ4n) is 3.76. The molecule has 0 bridgehead atoms. The highest BCUT2D eigenvalue weighted by atomic mass is 32.1. The third-order valence-corrected chi connectivity index (χ3v) is 6.91. The average molecular weight is 501 g/mol. The van der Waals surface area contributed by atoms with E-state index in [4.69, 9.17) is 4.74 Å². The molecular weight excluding hydrogens is 472 g/mol. The molecule has 0 aliphatic rings. The number of hydrogen-bond acceptors (Lipinski definition) is 5. The minimum Gasteiger partial charge on any atom is -0.493 e. The van der Waals surface area contributed by atoms with Crippen molar-refractivity contribution < 1.29 is 19.4 Å². The normalized spacial score (nSPS) is 10.8. The van der Waals surface area contributed by atoms with E-state index in [2.05, 4.69) is 10.3 Å². The highest BCUT2D eigenvalue weighted by Crippen LogP contribution is 2.30. The maximum atomic E-state index is 13.1. The van der Waals surface area contributed by atoms with Crippen molar-refractivity contribution in [1.82, 2.24) is 10.3 Å². The maximum Gasteiger partial charge on any atom is 0.335 e. The van der Waals surface area contributed by atoms with E-state index in [1.54, 1.807) is 18.2 Å². The van der Waals surface area contributed by atoms with Gasteiger partial charge in [0.2, 0.25) is 0 Å². The molecule has 6 nitrogen and oxygen atoms in total. The van der Waals surface area contributed by atoms with Crippen LogP contribution in [0.25, 0.3) is 21.7 Å². The van der Waals surface area contributed by atoms with Gasteiger partial charge >= 0.3 is 5.97 Å². The van der Waals surface area contributed by atoms with Crippen LogP contribution in [0.15, 0.2) is 66.7 Å². The van der Waals surface area contributed by atoms with Gasteiger partial charge in [-0.15, -0.1) is 11.3 Å². The first-order valence-electron chi connectivity index (χ1n) is 11.8. The number of aromatic nitrogens is 1. The van der Waals surface area contributed by atoms with E-state index in [0.717, 1.165) is 33.7 Å². The quantitative estimate of drug-likeness (QED) is 0.273. The number of carboxylic acid groups (broad SMARTS) is 1. The highest BCUT2D eigenvalue weighted by Gasteiger charge is 2.17. The number of nitrogens with zero attached hydrogens (tertiary/aromatic N) is 1. The smallest absolute Gasteiger partial charge is 0.335 e. The van der Waals surface area contributed by atoms with Gasteiger partial charge in [-0.1, -0.05) is 55.0 Å². The molecule has 0 aliphatic carbocycles. The topological polar surface area (TPSA) is 88.5 Å². The fourth-order valence-corrected chi connectivity index (χ4v) is 4.75. The second-order valence-corrected chi connectivity index (χ2v) is 9.54. The molecule has 4 rings (SSSR count). The zero-order valence-electron chi connectivity index (χ0n) is 20.5. The van der Waals surface area contributed by atoms with Crippen LogP contribution >= 0.6 is 11.3 Å². The summed E-state index contributed by atoms with van der Waals surface area (Å²) in [5.74, 6) is -0.475. The molecule has 0 atom stereocenters. The summed E-state index contributed by atoms with van der Waals surface area (Å²) in [7, 11) is 0. The molecule has 0 spiro atoms. The minimum absolute atomic E-state index is 0.192. The maximum absolute atomic E-state index is 13.1. The van der Waals surface area contributed by atoms with E-state index in [0.29, 0.717) is 22.9 Å². The Morgan fingerprint density at radius 2 is 1.69 bits per heavy atom. The Labute approximate surface area is 214 Å². The van der Waals surface area contributed by atoms with Crippen molar-refractivity contribution in [2.45, 2.75) is 33.7 Å². The van der Waals surface area contributed by atoms with Gasteiger partial charge in [0.05, 0.1) is 17.9 Å². The van der Waals surface area contributed by atoms with Gasteiger partial charge in [-0.2, -0.15) is 0 Å². The van der Waals surface area contributed by atoms with E-state index in [1.165, 1.54) is 16.9 Å². The van der Waals surface area contributed by atoms with Crippen LogP contribution in [0.3, 0.4) is 0 Å². The number of benzene rings is 3. The lowest BCUT2D eigenvalue weighted by Gasteiger charge is -2.14. The molecule has 2 N–H and O–H groups in total. The fraction of sp³-hybridized carbons (Fsp3) is 0.207. The monoisotopic (exact) mass is 500 g/mol. The number of thiazole rings is 1. The number of ether oxygens (including phenoxy) is 1. The first-order chi connectivity index (χ1) is 17.4. The number of aryl methyl sites for hydroxylation is 2. The van der Waals surface area contributed by atoms with Crippen LogP contribution in [0.1, 0.15) is 50.2 Å². The minimum atomic E-state index is -0.975. The number of rotatable bonds is 9. The summed E-state index contributed by atoms with van der Waals surface area (Å²) < 4.78 is 5.92. The molecule has 36 heavy (non-hydrogen) atoms. The summed E-state index contributed by atoms with van der Waals surface area (Å²) in [5, 5.41) is 13.2. The third kappa shape index (κ3) is 5.80. The average Bonchev–Trinajstić information content (AvgIpc) is 3.28. The van der Waals surface area contributed by atoms with E-state index in [9.17, 15) is 14.7 Å². The molecule has 0 unspecified atom stereocenters. The van der Waals surface area contributed by atoms with Crippen molar-refractivity contribution in [3.8, 4) is 27.4 Å². The molecule has 4 aromatic rings. The van der Waals surface area contributed by atoms with Gasteiger partial charge in [-0.25, -0.2) is 9.78 Å². The molecule has 0 aliphatic heterocycles. The van der Waals surface area contributed by atoms with Gasteiger partial charge in [0, 0.05) is 17.7 Å². The second kappa shape index (κ2) is 11.2. The Kier molecular flexibility index (Phi) is 7.80. The lowest BCUT2D eigenvalue weighted by Crippen LogP contribution is -2.23. The molecule has 7 heteroatoms. The number of hydrogen-bond donors (Lipinski definition) is 2. The number of carbonyl (C=O) groups excluding carboxylic acids is 1. The molecule has 0 saturated heterocycles. The van der Waals surface area contributed by atoms with Crippen molar-refractivity contribution in [1.29, 1.82) is 0 Å². The Morgan fingerprint density at radius 3 is 2.42 bits per heavy atom. The van der Waals surface area contributed by atoms with Crippen molar-refractivity contribution >= 4 is 23.2 Å². The lowest BCUT2D eigenvalue weighted by atomic mass is 10.0. The third-order valence-electron chi connectivity index (χ3n) is 5.71. The largest absolute Gasteiger partial charge is 0.493 e. The number of carbonyl (C=O) groups is 2. The van der Waals surface area contributed by atoms with Gasteiger partial charge in [-0.05, 0) is 55.7 Å². The summed E-state index contributed by atoms with van der Waals surface area (Å²) in [6, 6.07) is 20.6. The molecule has 0 fully saturated rings. The number of amides is 1. The molecule has 0 radical (unpaired) electrons. The summed E-state index contributed by atoms with van der Waals surface area (Å²) >= 11 is 1.37. The summed E-state index contributed by atoms with van der Waals surface area (Å²) in [6.07, 6.45) is 0.857. The summed E-state index contributed by atoms with van der Waals surface area (Å²) in [5.41, 5.74) is 5.51. The van der Waals surface area contributed by atoms with Crippen molar-refractivity contribution in [3.63, 3.8) is 0 Å². The van der Waals surface area contributed by atoms with Gasteiger partial charge in [0.25, 0.3) is 5.91 Å². The SMILES string of the molecule is CCCOc1ccc(-c2cccc(C(=O)O)c2)cc1CNC(=O)c1sc(-c2ccc(C)cc2)nc1C. The zero-order valence-corrected chi connectivity index (χ0v) is 21.3. The molecule has 0 saturated carbocycles. The number of aromatic carboxylic acids is 1. The van der Waals surface area contributed by atoms with Crippen LogP contribution in [0.2, 0.25) is 0 Å². The predicted molar refractivity (Wildman–Crippen MR) is 143 cm³/mol. The molecule has 1 aromatic heterocycles. The second-order valence-electron chi connectivity index (χ2n) is 8.54. The van der Waals surface area contributed by atoms with Crippen molar-refractivity contribution in [2.24, 2.45) is 0 Å². The zero-order chi connectivity index (χ0) is 25.7. The van der Waals surface area contributed by atoms with E-state index < -0.39 is 5.97 Å². The van der Waals surface area contributed by atoms with Crippen LogP contribution in [0.5, 0.6) is 5.75 Å². The van der Waals surface area contributed by atoms with Gasteiger partial charge in [-0.3, -0.25) is 4.79 Å². The van der Waals surface area contributed by atoms with E-state index >= 15 is 0 Å². The van der Waals surface area contributed by atoms with Gasteiger partial charge in [0.1, 0.15) is 15.6 Å². The molecule has 184 valence electrons. The Bertz CT molecular complexity index is 1390. The lowest BCUT2D eigenvalue weighted by molar-refractivity contribution is 0.0696. The van der Waals surface area contributed by atoms with Gasteiger partial charge in [0.15, 0.2) is 0 Å². The van der Waals surface area contributed by atoms with E-state index in [1.807, 2.05) is 69.3 Å². The molecule has 1 amide bonds. The van der Waals surface area contributed by atoms with Crippen molar-refractivity contribution in [3.05, 3.63) is 94.0 Å². The molecule has 1 heterocycles. The van der Waals surface area contributed by atoms with Crippen LogP contribution in [0.4, 0.5) is 0 Å². The van der Waals surface area contributed by atoms with Crippen LogP contribution in [-0.2, 0) is 6.54 Å². The predicted octanol–water partition coefficient (Wildman–Crippen LogP) is 6.51. The molecular formula is C29H28N2O4S. The number of carboxylic acids is 1. The van der Waals surface area contributed by atoms with Crippen molar-refractivity contribution in [2.75, 3.05) is 6.61 Å². The van der Waals surface area contributed by atoms with Crippen LogP contribution in [0, 0.1) is 13.8 Å². The molecule has 3 aromatic carbocycles. The first-order valence-corrected chi connectivity index (χ1v) is 12.6. The Morgan fingerprint density at radius 1 is 0.972 bits per heavy atom. The van der Waals surface area contributed by atoms with Crippen LogP contribution < -0.4 is 10.1 Å². The Hall–Kier alpha value is -3.97. The highest BCUT2D eigenvalue weighted by molar-refractivity contribution is 7.17. The summed E-state index contributed by atoms with van der Waals surface area (Å²) in [4.78, 5) is 29.7. The van der Waals surface area contributed by atoms with E-state index in [-0.39, 0.29) is 18.0 Å². The first kappa shape index (κ1) is 25.1. The number of nitrogens with one attached hydrogen (secondary N) is 1. The Balaban J connectivity index is 1.57. The summed E-state index contributed by atoms with van der Waals surface area (Å²) in [6.45, 7) is 6.73. The van der Waals surface area contributed by atoms with Crippen LogP contribution in [-0.4, -0.2) is 28.6 Å².